The maximum atomic E-state index is 10.8. The summed E-state index contributed by atoms with van der Waals surface area (Å²) in [6, 6.07) is 12.7. The molecule has 104 valence electrons. The fraction of sp³-hybridized carbons (Fsp3) is 0. The summed E-state index contributed by atoms with van der Waals surface area (Å²) in [7, 11) is 0. The maximum Gasteiger partial charge on any atom is 0.271 e. The zero-order chi connectivity index (χ0) is 14.8. The number of hydrogen-bond donors (Lipinski definition) is 1. The van der Waals surface area contributed by atoms with Gasteiger partial charge < -0.3 is 5.11 Å². The summed E-state index contributed by atoms with van der Waals surface area (Å²) < 4.78 is 1.47. The summed E-state index contributed by atoms with van der Waals surface area (Å²) in [6.07, 6.45) is 1.67. The number of phenols is 1. The molecule has 1 aromatic heterocycles. The Kier molecular flexibility index (Phi) is 3.07. The van der Waals surface area contributed by atoms with E-state index in [4.69, 9.17) is 0 Å². The van der Waals surface area contributed by atoms with Gasteiger partial charge >= 0.3 is 0 Å². The van der Waals surface area contributed by atoms with Crippen molar-refractivity contribution in [2.24, 2.45) is 0 Å². The topological polar surface area (TPSA) is 94.1 Å². The molecule has 0 amide bonds. The van der Waals surface area contributed by atoms with E-state index in [1.807, 2.05) is 0 Å². The number of phenolic OH excluding ortho intramolecular Hbond substituents is 1. The fourth-order valence-corrected chi connectivity index (χ4v) is 1.90. The quantitative estimate of drug-likeness (QED) is 0.588. The average Bonchev–Trinajstić information content (AvgIpc) is 2.98. The fourth-order valence-electron chi connectivity index (χ4n) is 1.90. The van der Waals surface area contributed by atoms with Crippen LogP contribution in [0.3, 0.4) is 0 Å². The molecule has 1 N–H and O–H groups in total. The highest BCUT2D eigenvalue weighted by Gasteiger charge is 2.09. The van der Waals surface area contributed by atoms with Gasteiger partial charge in [-0.05, 0) is 30.3 Å². The molecule has 21 heavy (non-hydrogen) atoms. The van der Waals surface area contributed by atoms with Gasteiger partial charge in [-0.2, -0.15) is 0 Å². The molecule has 0 atom stereocenters. The van der Waals surface area contributed by atoms with Crippen LogP contribution < -0.4 is 0 Å². The summed E-state index contributed by atoms with van der Waals surface area (Å²) in [4.78, 5) is 10.3. The highest BCUT2D eigenvalue weighted by Crippen LogP contribution is 2.21. The second-order valence-corrected chi connectivity index (χ2v) is 4.37. The first-order valence-corrected chi connectivity index (χ1v) is 6.10. The second kappa shape index (κ2) is 5.04. The van der Waals surface area contributed by atoms with Gasteiger partial charge in [0.05, 0.1) is 16.8 Å². The van der Waals surface area contributed by atoms with Gasteiger partial charge in [0.1, 0.15) is 11.4 Å². The maximum absolute atomic E-state index is 10.8. The smallest absolute Gasteiger partial charge is 0.271 e. The van der Waals surface area contributed by atoms with Crippen molar-refractivity contribution in [3.8, 4) is 22.7 Å². The molecule has 0 aliphatic carbocycles. The van der Waals surface area contributed by atoms with E-state index in [9.17, 15) is 15.2 Å². The molecule has 2 aromatic carbocycles. The number of nitro benzene ring substituents is 1. The molecule has 3 rings (SSSR count). The van der Waals surface area contributed by atoms with E-state index in [2.05, 4.69) is 10.3 Å². The standard InChI is InChI=1S/C14H10N4O3/c19-13-6-4-10(5-7-13)14-9-17(16-15-14)11-2-1-3-12(8-11)18(20)21/h1-9,19H. The number of nitro groups is 1. The van der Waals surface area contributed by atoms with E-state index in [1.165, 1.54) is 16.8 Å². The Bertz CT molecular complexity index is 796. The molecule has 7 heteroatoms. The molecule has 0 radical (unpaired) electrons. The SMILES string of the molecule is O=[N+]([O-])c1cccc(-n2cc(-c3ccc(O)cc3)nn2)c1. The van der Waals surface area contributed by atoms with Gasteiger partial charge in [0, 0.05) is 17.7 Å². The minimum atomic E-state index is -0.457. The van der Waals surface area contributed by atoms with Crippen molar-refractivity contribution in [1.29, 1.82) is 0 Å². The first-order valence-electron chi connectivity index (χ1n) is 6.10. The highest BCUT2D eigenvalue weighted by molar-refractivity contribution is 5.59. The van der Waals surface area contributed by atoms with Crippen molar-refractivity contribution in [3.63, 3.8) is 0 Å². The average molecular weight is 282 g/mol. The monoisotopic (exact) mass is 282 g/mol. The Balaban J connectivity index is 1.96. The summed E-state index contributed by atoms with van der Waals surface area (Å²) in [5, 5.41) is 28.0. The van der Waals surface area contributed by atoms with Gasteiger partial charge in [-0.15, -0.1) is 5.10 Å². The summed E-state index contributed by atoms with van der Waals surface area (Å²) in [5.74, 6) is 0.171. The summed E-state index contributed by atoms with van der Waals surface area (Å²) >= 11 is 0. The predicted molar refractivity (Wildman–Crippen MR) is 75.1 cm³/mol. The van der Waals surface area contributed by atoms with Crippen molar-refractivity contribution >= 4 is 5.69 Å². The van der Waals surface area contributed by atoms with Gasteiger partial charge in [0.25, 0.3) is 5.69 Å². The van der Waals surface area contributed by atoms with Gasteiger partial charge in [0.2, 0.25) is 0 Å². The largest absolute Gasteiger partial charge is 0.508 e. The lowest BCUT2D eigenvalue weighted by molar-refractivity contribution is -0.384. The van der Waals surface area contributed by atoms with E-state index in [1.54, 1.807) is 42.6 Å². The van der Waals surface area contributed by atoms with Crippen molar-refractivity contribution < 1.29 is 10.0 Å². The van der Waals surface area contributed by atoms with Crippen LogP contribution >= 0.6 is 0 Å². The second-order valence-electron chi connectivity index (χ2n) is 4.37. The van der Waals surface area contributed by atoms with Crippen LogP contribution in [0.15, 0.2) is 54.7 Å². The van der Waals surface area contributed by atoms with Crippen LogP contribution in [-0.2, 0) is 0 Å². The number of rotatable bonds is 3. The van der Waals surface area contributed by atoms with Crippen molar-refractivity contribution in [1.82, 2.24) is 15.0 Å². The van der Waals surface area contributed by atoms with Crippen molar-refractivity contribution in [2.75, 3.05) is 0 Å². The lowest BCUT2D eigenvalue weighted by Crippen LogP contribution is -1.96. The van der Waals surface area contributed by atoms with E-state index in [0.29, 0.717) is 11.4 Å². The molecule has 3 aromatic rings. The zero-order valence-corrected chi connectivity index (χ0v) is 10.7. The molecule has 0 aliphatic rings. The molecular formula is C14H10N4O3. The third kappa shape index (κ3) is 2.57. The van der Waals surface area contributed by atoms with Crippen molar-refractivity contribution in [3.05, 3.63) is 64.8 Å². The summed E-state index contributed by atoms with van der Waals surface area (Å²) in [5.41, 5.74) is 1.96. The van der Waals surface area contributed by atoms with Gasteiger partial charge in [-0.1, -0.05) is 11.3 Å². The van der Waals surface area contributed by atoms with Gasteiger partial charge in [0.15, 0.2) is 0 Å². The molecule has 1 heterocycles. The molecule has 0 bridgehead atoms. The van der Waals surface area contributed by atoms with E-state index in [-0.39, 0.29) is 11.4 Å². The van der Waals surface area contributed by atoms with E-state index in [0.717, 1.165) is 5.56 Å². The Morgan fingerprint density at radius 1 is 1.14 bits per heavy atom. The van der Waals surface area contributed by atoms with E-state index >= 15 is 0 Å². The van der Waals surface area contributed by atoms with Crippen LogP contribution in [-0.4, -0.2) is 25.0 Å². The van der Waals surface area contributed by atoms with Crippen LogP contribution in [0.5, 0.6) is 5.75 Å². The Labute approximate surface area is 119 Å². The third-order valence-corrected chi connectivity index (χ3v) is 2.96. The lowest BCUT2D eigenvalue weighted by Gasteiger charge is -1.99. The molecular weight excluding hydrogens is 272 g/mol. The molecule has 0 aliphatic heterocycles. The third-order valence-electron chi connectivity index (χ3n) is 2.96. The predicted octanol–water partition coefficient (Wildman–Crippen LogP) is 2.55. The van der Waals surface area contributed by atoms with Crippen LogP contribution in [0.25, 0.3) is 16.9 Å². The zero-order valence-electron chi connectivity index (χ0n) is 10.7. The Morgan fingerprint density at radius 3 is 2.62 bits per heavy atom. The molecule has 0 saturated carbocycles. The minimum absolute atomic E-state index is 0.00539. The molecule has 0 saturated heterocycles. The summed E-state index contributed by atoms with van der Waals surface area (Å²) in [6.45, 7) is 0. The van der Waals surface area contributed by atoms with E-state index < -0.39 is 4.92 Å². The number of aromatic nitrogens is 3. The Morgan fingerprint density at radius 2 is 1.90 bits per heavy atom. The highest BCUT2D eigenvalue weighted by atomic mass is 16.6. The minimum Gasteiger partial charge on any atom is -0.508 e. The Hall–Kier alpha value is -3.22. The van der Waals surface area contributed by atoms with Gasteiger partial charge in [-0.25, -0.2) is 4.68 Å². The molecule has 0 unspecified atom stereocenters. The first-order chi connectivity index (χ1) is 10.1. The molecule has 7 nitrogen and oxygen atoms in total. The van der Waals surface area contributed by atoms with Crippen LogP contribution in [0.4, 0.5) is 5.69 Å². The number of benzene rings is 2. The lowest BCUT2D eigenvalue weighted by atomic mass is 10.2. The number of hydrogen-bond acceptors (Lipinski definition) is 5. The van der Waals surface area contributed by atoms with Gasteiger partial charge in [-0.3, -0.25) is 10.1 Å². The number of nitrogens with zero attached hydrogens (tertiary/aromatic N) is 4. The first kappa shape index (κ1) is 12.8. The van der Waals surface area contributed by atoms with Crippen LogP contribution in [0, 0.1) is 10.1 Å². The van der Waals surface area contributed by atoms with Crippen LogP contribution in [0.1, 0.15) is 0 Å². The number of aromatic hydroxyl groups is 1. The van der Waals surface area contributed by atoms with Crippen molar-refractivity contribution in [2.45, 2.75) is 0 Å². The normalized spacial score (nSPS) is 10.5. The molecule has 0 fully saturated rings. The number of non-ortho nitro benzene ring substituents is 1. The molecule has 0 spiro atoms. The van der Waals surface area contributed by atoms with Crippen LogP contribution in [0.2, 0.25) is 0 Å².